The second kappa shape index (κ2) is 4.14. The standard InChI is InChI=1S/C12H16N2O2/c1-7-2-4-8(5-3-7)9-6-10(9)11(15)14-12(13)16/h2-5,9-11,15H,6H2,1H3,(H3,13,14,16). The van der Waals surface area contributed by atoms with Gasteiger partial charge in [0.2, 0.25) is 0 Å². The third kappa shape index (κ3) is 2.33. The topological polar surface area (TPSA) is 75.3 Å². The van der Waals surface area contributed by atoms with Crippen LogP contribution in [0.3, 0.4) is 0 Å². The molecule has 1 aromatic carbocycles. The number of amides is 2. The Morgan fingerprint density at radius 3 is 2.69 bits per heavy atom. The molecule has 0 radical (unpaired) electrons. The van der Waals surface area contributed by atoms with Gasteiger partial charge < -0.3 is 16.2 Å². The van der Waals surface area contributed by atoms with Crippen LogP contribution in [0.2, 0.25) is 0 Å². The summed E-state index contributed by atoms with van der Waals surface area (Å²) in [5, 5.41) is 11.9. The van der Waals surface area contributed by atoms with Crippen LogP contribution in [-0.4, -0.2) is 17.4 Å². The van der Waals surface area contributed by atoms with Crippen molar-refractivity contribution in [1.82, 2.24) is 5.32 Å². The fraction of sp³-hybridized carbons (Fsp3) is 0.417. The van der Waals surface area contributed by atoms with E-state index in [-0.39, 0.29) is 5.92 Å². The maximum Gasteiger partial charge on any atom is 0.314 e. The highest BCUT2D eigenvalue weighted by atomic mass is 16.3. The number of nitrogens with one attached hydrogen (secondary N) is 1. The molecular formula is C12H16N2O2. The number of rotatable bonds is 3. The summed E-state index contributed by atoms with van der Waals surface area (Å²) in [5.74, 6) is 0.428. The van der Waals surface area contributed by atoms with E-state index >= 15 is 0 Å². The number of hydrogen-bond acceptors (Lipinski definition) is 2. The molecule has 0 bridgehead atoms. The number of nitrogens with two attached hydrogens (primary N) is 1. The summed E-state index contributed by atoms with van der Waals surface area (Å²) in [6, 6.07) is 7.56. The average Bonchev–Trinajstić information content (AvgIpc) is 2.97. The molecule has 4 nitrogen and oxygen atoms in total. The van der Waals surface area contributed by atoms with E-state index in [1.54, 1.807) is 0 Å². The van der Waals surface area contributed by atoms with Gasteiger partial charge in [-0.05, 0) is 24.8 Å². The highest BCUT2D eigenvalue weighted by molar-refractivity contribution is 5.71. The molecule has 16 heavy (non-hydrogen) atoms. The second-order valence-electron chi connectivity index (χ2n) is 4.37. The first-order chi connectivity index (χ1) is 7.58. The molecule has 0 spiro atoms. The fourth-order valence-electron chi connectivity index (χ4n) is 2.01. The molecule has 0 aromatic heterocycles. The van der Waals surface area contributed by atoms with Gasteiger partial charge in [-0.15, -0.1) is 0 Å². The molecule has 0 heterocycles. The predicted molar refractivity (Wildman–Crippen MR) is 60.8 cm³/mol. The van der Waals surface area contributed by atoms with Crippen LogP contribution in [-0.2, 0) is 0 Å². The van der Waals surface area contributed by atoms with Gasteiger partial charge in [-0.1, -0.05) is 29.8 Å². The lowest BCUT2D eigenvalue weighted by atomic mass is 10.1. The van der Waals surface area contributed by atoms with Crippen molar-refractivity contribution in [2.45, 2.75) is 25.5 Å². The highest BCUT2D eigenvalue weighted by Crippen LogP contribution is 2.48. The monoisotopic (exact) mass is 220 g/mol. The van der Waals surface area contributed by atoms with Gasteiger partial charge in [0.25, 0.3) is 0 Å². The van der Waals surface area contributed by atoms with Gasteiger partial charge >= 0.3 is 6.03 Å². The Morgan fingerprint density at radius 1 is 1.50 bits per heavy atom. The van der Waals surface area contributed by atoms with Gasteiger partial charge in [0, 0.05) is 5.92 Å². The van der Waals surface area contributed by atoms with Crippen molar-refractivity contribution < 1.29 is 9.90 Å². The van der Waals surface area contributed by atoms with E-state index in [4.69, 9.17) is 5.73 Å². The van der Waals surface area contributed by atoms with Crippen molar-refractivity contribution >= 4 is 6.03 Å². The van der Waals surface area contributed by atoms with E-state index in [1.165, 1.54) is 11.1 Å². The van der Waals surface area contributed by atoms with Crippen LogP contribution >= 0.6 is 0 Å². The molecule has 0 aliphatic heterocycles. The maximum atomic E-state index is 10.6. The summed E-state index contributed by atoms with van der Waals surface area (Å²) in [5.41, 5.74) is 7.38. The van der Waals surface area contributed by atoms with Gasteiger partial charge in [-0.25, -0.2) is 4.79 Å². The molecule has 4 N–H and O–H groups in total. The van der Waals surface area contributed by atoms with E-state index in [2.05, 4.69) is 29.6 Å². The smallest absolute Gasteiger partial charge is 0.314 e. The van der Waals surface area contributed by atoms with Gasteiger partial charge in [0.1, 0.15) is 6.23 Å². The van der Waals surface area contributed by atoms with Crippen LogP contribution in [0.25, 0.3) is 0 Å². The fourth-order valence-corrected chi connectivity index (χ4v) is 2.01. The summed E-state index contributed by atoms with van der Waals surface area (Å²) < 4.78 is 0. The molecule has 4 heteroatoms. The molecule has 2 amide bonds. The van der Waals surface area contributed by atoms with Crippen molar-refractivity contribution in [3.8, 4) is 0 Å². The van der Waals surface area contributed by atoms with Crippen LogP contribution in [0.5, 0.6) is 0 Å². The number of aliphatic hydroxyl groups excluding tert-OH is 1. The Balaban J connectivity index is 1.95. The Bertz CT molecular complexity index is 389. The highest BCUT2D eigenvalue weighted by Gasteiger charge is 2.43. The van der Waals surface area contributed by atoms with E-state index in [0.717, 1.165) is 6.42 Å². The van der Waals surface area contributed by atoms with Crippen molar-refractivity contribution in [1.29, 1.82) is 0 Å². The van der Waals surface area contributed by atoms with Gasteiger partial charge in [-0.3, -0.25) is 0 Å². The second-order valence-corrected chi connectivity index (χ2v) is 4.37. The van der Waals surface area contributed by atoms with E-state index in [0.29, 0.717) is 5.92 Å². The van der Waals surface area contributed by atoms with E-state index < -0.39 is 12.3 Å². The average molecular weight is 220 g/mol. The minimum absolute atomic E-state index is 0.0928. The van der Waals surface area contributed by atoms with Crippen LogP contribution in [0.4, 0.5) is 4.79 Å². The van der Waals surface area contributed by atoms with E-state index in [1.807, 2.05) is 6.92 Å². The summed E-state index contributed by atoms with van der Waals surface area (Å²) in [4.78, 5) is 10.6. The third-order valence-corrected chi connectivity index (χ3v) is 3.04. The molecular weight excluding hydrogens is 204 g/mol. The van der Waals surface area contributed by atoms with Crippen LogP contribution in [0.15, 0.2) is 24.3 Å². The Morgan fingerprint density at radius 2 is 2.12 bits per heavy atom. The number of urea groups is 1. The van der Waals surface area contributed by atoms with E-state index in [9.17, 15) is 9.90 Å². The molecule has 3 unspecified atom stereocenters. The van der Waals surface area contributed by atoms with Gasteiger partial charge in [0.05, 0.1) is 0 Å². The quantitative estimate of drug-likeness (QED) is 0.667. The molecule has 3 atom stereocenters. The Labute approximate surface area is 94.5 Å². The summed E-state index contributed by atoms with van der Waals surface area (Å²) in [6.45, 7) is 2.04. The largest absolute Gasteiger partial charge is 0.373 e. The molecule has 1 aromatic rings. The first-order valence-corrected chi connectivity index (χ1v) is 5.38. The lowest BCUT2D eigenvalue weighted by molar-refractivity contribution is 0.121. The zero-order valence-corrected chi connectivity index (χ0v) is 9.18. The number of aryl methyl sites for hydroxylation is 1. The minimum Gasteiger partial charge on any atom is -0.373 e. The zero-order chi connectivity index (χ0) is 11.7. The third-order valence-electron chi connectivity index (χ3n) is 3.04. The van der Waals surface area contributed by atoms with Crippen LogP contribution in [0.1, 0.15) is 23.5 Å². The SMILES string of the molecule is Cc1ccc(C2CC2C(O)NC(N)=O)cc1. The zero-order valence-electron chi connectivity index (χ0n) is 9.18. The van der Waals surface area contributed by atoms with Crippen molar-refractivity contribution in [3.63, 3.8) is 0 Å². The number of benzene rings is 1. The van der Waals surface area contributed by atoms with Crippen LogP contribution < -0.4 is 11.1 Å². The first-order valence-electron chi connectivity index (χ1n) is 5.38. The Hall–Kier alpha value is -1.55. The number of carbonyl (C=O) groups is 1. The minimum atomic E-state index is -0.830. The summed E-state index contributed by atoms with van der Waals surface area (Å²) >= 11 is 0. The molecule has 86 valence electrons. The summed E-state index contributed by atoms with van der Waals surface area (Å²) in [6.07, 6.45) is 0.0635. The normalized spacial score (nSPS) is 24.9. The lowest BCUT2D eigenvalue weighted by Crippen LogP contribution is -2.40. The lowest BCUT2D eigenvalue weighted by Gasteiger charge is -2.10. The number of aliphatic hydroxyl groups is 1. The number of primary amides is 1. The number of hydrogen-bond donors (Lipinski definition) is 3. The van der Waals surface area contributed by atoms with Crippen molar-refractivity contribution in [2.24, 2.45) is 11.7 Å². The molecule has 1 aliphatic rings. The molecule has 1 saturated carbocycles. The molecule has 0 saturated heterocycles. The molecule has 2 rings (SSSR count). The van der Waals surface area contributed by atoms with Crippen molar-refractivity contribution in [3.05, 3.63) is 35.4 Å². The molecule has 1 fully saturated rings. The molecule has 1 aliphatic carbocycles. The number of carbonyl (C=O) groups excluding carboxylic acids is 1. The van der Waals surface area contributed by atoms with Gasteiger partial charge in [0.15, 0.2) is 0 Å². The Kier molecular flexibility index (Phi) is 2.83. The first kappa shape index (κ1) is 11.0. The van der Waals surface area contributed by atoms with Crippen LogP contribution in [0, 0.1) is 12.8 Å². The van der Waals surface area contributed by atoms with Gasteiger partial charge in [-0.2, -0.15) is 0 Å². The maximum absolute atomic E-state index is 10.6. The summed E-state index contributed by atoms with van der Waals surface area (Å²) in [7, 11) is 0. The van der Waals surface area contributed by atoms with Crippen molar-refractivity contribution in [2.75, 3.05) is 0 Å². The predicted octanol–water partition coefficient (Wildman–Crippen LogP) is 1.09.